The van der Waals surface area contributed by atoms with E-state index >= 15 is 0 Å². The number of rotatable bonds is 4. The van der Waals surface area contributed by atoms with E-state index in [1.54, 1.807) is 26.8 Å². The van der Waals surface area contributed by atoms with Crippen LogP contribution in [0.5, 0.6) is 0 Å². The van der Waals surface area contributed by atoms with Gasteiger partial charge in [-0.1, -0.05) is 19.9 Å². The van der Waals surface area contributed by atoms with E-state index in [1.165, 1.54) is 6.92 Å². The standard InChI is InChI=1S/C9H13NO3.C5H11NO2.C5H12O/c1-6(11)10-8-4-2-7(3-5-8)9(12)13;1-5(2,3)8-4(6)7;1-3-5(6)4-2/h2,8H,3-5H2,1H3,(H,10,11)(H,12,13);1-3H3,(H2,6,7);5-6H,3-4H2,1-2H3/t8-;;/m0../s1. The van der Waals surface area contributed by atoms with Crippen molar-refractivity contribution in [2.45, 2.75) is 91.4 Å². The van der Waals surface area contributed by atoms with E-state index in [2.05, 4.69) is 10.1 Å². The van der Waals surface area contributed by atoms with Crippen LogP contribution in [0.25, 0.3) is 0 Å². The molecule has 8 heteroatoms. The van der Waals surface area contributed by atoms with E-state index < -0.39 is 17.7 Å². The second-order valence-corrected chi connectivity index (χ2v) is 7.21. The number of carboxylic acid groups (broad SMARTS) is 1. The minimum absolute atomic E-state index is 0.0582. The first-order chi connectivity index (χ1) is 12.3. The van der Waals surface area contributed by atoms with Crippen molar-refractivity contribution in [1.82, 2.24) is 5.32 Å². The van der Waals surface area contributed by atoms with Crippen molar-refractivity contribution in [2.24, 2.45) is 5.73 Å². The molecule has 0 aromatic heterocycles. The van der Waals surface area contributed by atoms with Gasteiger partial charge < -0.3 is 26.0 Å². The molecule has 1 aliphatic rings. The third-order valence-electron chi connectivity index (χ3n) is 3.44. The van der Waals surface area contributed by atoms with Crippen molar-refractivity contribution in [1.29, 1.82) is 0 Å². The van der Waals surface area contributed by atoms with E-state index in [-0.39, 0.29) is 18.1 Å². The summed E-state index contributed by atoms with van der Waals surface area (Å²) in [5.74, 6) is -0.904. The Morgan fingerprint density at radius 3 is 2.00 bits per heavy atom. The number of aliphatic hydroxyl groups excluding tert-OH is 1. The molecule has 0 unspecified atom stereocenters. The van der Waals surface area contributed by atoms with Gasteiger partial charge in [-0.3, -0.25) is 4.79 Å². The van der Waals surface area contributed by atoms with Crippen molar-refractivity contribution in [3.8, 4) is 0 Å². The van der Waals surface area contributed by atoms with Crippen LogP contribution in [0.1, 0.15) is 73.6 Å². The van der Waals surface area contributed by atoms with Gasteiger partial charge in [0.05, 0.1) is 6.10 Å². The van der Waals surface area contributed by atoms with Gasteiger partial charge in [-0.25, -0.2) is 9.59 Å². The topological polar surface area (TPSA) is 139 Å². The van der Waals surface area contributed by atoms with E-state index in [0.717, 1.165) is 19.3 Å². The summed E-state index contributed by atoms with van der Waals surface area (Å²) in [6, 6.07) is 0.112. The van der Waals surface area contributed by atoms with Crippen LogP contribution >= 0.6 is 0 Å². The molecule has 1 rings (SSSR count). The number of carboxylic acids is 1. The van der Waals surface area contributed by atoms with Crippen molar-refractivity contribution in [2.75, 3.05) is 0 Å². The fourth-order valence-corrected chi connectivity index (χ4v) is 2.04. The lowest BCUT2D eigenvalue weighted by Crippen LogP contribution is -2.34. The number of carbonyl (C=O) groups is 3. The molecule has 0 saturated carbocycles. The second-order valence-electron chi connectivity index (χ2n) is 7.21. The minimum Gasteiger partial charge on any atom is -0.478 e. The Kier molecular flexibility index (Phi) is 14.1. The molecule has 0 aromatic rings. The number of carbonyl (C=O) groups excluding carboxylic acids is 2. The van der Waals surface area contributed by atoms with Crippen LogP contribution in [0, 0.1) is 0 Å². The normalized spacial score (nSPS) is 16.0. The van der Waals surface area contributed by atoms with Gasteiger partial charge in [0.1, 0.15) is 5.60 Å². The van der Waals surface area contributed by atoms with Crippen LogP contribution in [0.2, 0.25) is 0 Å². The zero-order valence-electron chi connectivity index (χ0n) is 17.4. The highest BCUT2D eigenvalue weighted by Crippen LogP contribution is 2.18. The van der Waals surface area contributed by atoms with Crippen molar-refractivity contribution in [3.05, 3.63) is 11.6 Å². The molecule has 8 nitrogen and oxygen atoms in total. The molecule has 0 heterocycles. The number of ether oxygens (including phenoxy) is 1. The first-order valence-corrected chi connectivity index (χ1v) is 9.18. The molecule has 158 valence electrons. The Labute approximate surface area is 162 Å². The highest BCUT2D eigenvalue weighted by atomic mass is 16.6. The second kappa shape index (κ2) is 14.0. The maximum absolute atomic E-state index is 10.7. The summed E-state index contributed by atoms with van der Waals surface area (Å²) in [6.45, 7) is 10.7. The molecular weight excluding hydrogens is 352 g/mol. The molecule has 27 heavy (non-hydrogen) atoms. The maximum Gasteiger partial charge on any atom is 0.405 e. The van der Waals surface area contributed by atoms with Crippen LogP contribution in [0.4, 0.5) is 4.79 Å². The molecule has 0 saturated heterocycles. The van der Waals surface area contributed by atoms with Gasteiger partial charge in [0.2, 0.25) is 5.91 Å². The van der Waals surface area contributed by atoms with Crippen LogP contribution in [0.15, 0.2) is 11.6 Å². The maximum atomic E-state index is 10.7. The zero-order chi connectivity index (χ0) is 21.6. The molecule has 0 fully saturated rings. The van der Waals surface area contributed by atoms with Gasteiger partial charge in [-0.2, -0.15) is 0 Å². The fourth-order valence-electron chi connectivity index (χ4n) is 2.04. The number of nitrogens with two attached hydrogens (primary N) is 1. The first kappa shape index (κ1) is 27.1. The largest absolute Gasteiger partial charge is 0.478 e. The molecule has 0 spiro atoms. The first-order valence-electron chi connectivity index (χ1n) is 9.18. The Morgan fingerprint density at radius 2 is 1.81 bits per heavy atom. The van der Waals surface area contributed by atoms with Crippen LogP contribution in [-0.4, -0.2) is 45.9 Å². The Bertz CT molecular complexity index is 493. The van der Waals surface area contributed by atoms with E-state index in [1.807, 2.05) is 13.8 Å². The SMILES string of the molecule is CC(=O)N[C@H]1CC=C(C(=O)O)CC1.CC(C)(C)OC(N)=O.CCC(O)CC. The predicted octanol–water partition coefficient (Wildman–Crippen LogP) is 2.73. The number of aliphatic carboxylic acids is 1. The summed E-state index contributed by atoms with van der Waals surface area (Å²) in [6.07, 6.45) is 4.56. The molecule has 0 radical (unpaired) electrons. The molecule has 5 N–H and O–H groups in total. The molecule has 2 amide bonds. The number of hydrogen-bond donors (Lipinski definition) is 4. The van der Waals surface area contributed by atoms with Gasteiger partial charge in [0.15, 0.2) is 0 Å². The quantitative estimate of drug-likeness (QED) is 0.584. The molecule has 0 bridgehead atoms. The highest BCUT2D eigenvalue weighted by Gasteiger charge is 2.18. The zero-order valence-corrected chi connectivity index (χ0v) is 17.4. The number of primary amides is 1. The lowest BCUT2D eigenvalue weighted by Gasteiger charge is -2.20. The van der Waals surface area contributed by atoms with Gasteiger partial charge in [-0.15, -0.1) is 0 Å². The third kappa shape index (κ3) is 18.5. The lowest BCUT2D eigenvalue weighted by atomic mass is 9.95. The van der Waals surface area contributed by atoms with Crippen LogP contribution in [-0.2, 0) is 14.3 Å². The van der Waals surface area contributed by atoms with Gasteiger partial charge >= 0.3 is 12.1 Å². The third-order valence-corrected chi connectivity index (χ3v) is 3.44. The predicted molar refractivity (Wildman–Crippen MR) is 104 cm³/mol. The molecular formula is C19H36N2O6. The number of aliphatic hydroxyl groups is 1. The Hall–Kier alpha value is -2.09. The summed E-state index contributed by atoms with van der Waals surface area (Å²) >= 11 is 0. The van der Waals surface area contributed by atoms with Crippen LogP contribution < -0.4 is 11.1 Å². The van der Waals surface area contributed by atoms with Gasteiger partial charge in [0, 0.05) is 18.5 Å². The molecule has 0 aliphatic heterocycles. The van der Waals surface area contributed by atoms with E-state index in [0.29, 0.717) is 18.4 Å². The number of nitrogens with one attached hydrogen (secondary N) is 1. The average molecular weight is 389 g/mol. The summed E-state index contributed by atoms with van der Waals surface area (Å²) in [5, 5.41) is 20.1. The highest BCUT2D eigenvalue weighted by molar-refractivity contribution is 5.86. The monoisotopic (exact) mass is 388 g/mol. The average Bonchev–Trinajstić information content (AvgIpc) is 2.52. The Morgan fingerprint density at radius 1 is 1.30 bits per heavy atom. The van der Waals surface area contributed by atoms with Gasteiger partial charge in [0.25, 0.3) is 0 Å². The smallest absolute Gasteiger partial charge is 0.405 e. The summed E-state index contributed by atoms with van der Waals surface area (Å²) in [7, 11) is 0. The van der Waals surface area contributed by atoms with Crippen molar-refractivity contribution < 1.29 is 29.3 Å². The summed E-state index contributed by atoms with van der Waals surface area (Å²) in [4.78, 5) is 31.2. The number of hydrogen-bond acceptors (Lipinski definition) is 5. The summed E-state index contributed by atoms with van der Waals surface area (Å²) in [5.41, 5.74) is 4.72. The Balaban J connectivity index is 0. The molecule has 0 aromatic carbocycles. The van der Waals surface area contributed by atoms with E-state index in [9.17, 15) is 14.4 Å². The summed E-state index contributed by atoms with van der Waals surface area (Å²) < 4.78 is 4.58. The van der Waals surface area contributed by atoms with Crippen molar-refractivity contribution in [3.63, 3.8) is 0 Å². The molecule has 1 atom stereocenters. The lowest BCUT2D eigenvalue weighted by molar-refractivity contribution is -0.132. The van der Waals surface area contributed by atoms with E-state index in [4.69, 9.17) is 15.9 Å². The van der Waals surface area contributed by atoms with Crippen molar-refractivity contribution >= 4 is 18.0 Å². The number of amides is 2. The molecule has 1 aliphatic carbocycles. The fraction of sp³-hybridized carbons (Fsp3) is 0.737. The van der Waals surface area contributed by atoms with Crippen LogP contribution in [0.3, 0.4) is 0 Å². The minimum atomic E-state index is -0.846. The van der Waals surface area contributed by atoms with Gasteiger partial charge in [-0.05, 0) is 52.9 Å².